The van der Waals surface area contributed by atoms with Crippen molar-refractivity contribution in [3.63, 3.8) is 0 Å². The first-order valence-electron chi connectivity index (χ1n) is 6.02. The van der Waals surface area contributed by atoms with E-state index in [1.807, 2.05) is 6.07 Å². The van der Waals surface area contributed by atoms with E-state index in [0.29, 0.717) is 16.6 Å². The number of fused-ring (bicyclic) bond motifs is 3. The Bertz CT molecular complexity index is 776. The minimum absolute atomic E-state index is 0.0717. The fourth-order valence-corrected chi connectivity index (χ4v) is 2.25. The molecule has 3 aromatic rings. The van der Waals surface area contributed by atoms with Gasteiger partial charge in [-0.3, -0.25) is 4.98 Å². The molecule has 0 spiro atoms. The third-order valence-corrected chi connectivity index (χ3v) is 3.13. The Labute approximate surface area is 112 Å². The Morgan fingerprint density at radius 2 is 1.90 bits per heavy atom. The molecule has 3 rings (SSSR count). The molecule has 4 nitrogen and oxygen atoms in total. The number of imidazole rings is 1. The zero-order valence-corrected chi connectivity index (χ0v) is 10.4. The average Bonchev–Trinajstić information content (AvgIpc) is 2.71. The molecule has 0 fully saturated rings. The Balaban J connectivity index is 2.19. The lowest BCUT2D eigenvalue weighted by molar-refractivity contribution is -0.136. The molecule has 1 aromatic carbocycles. The number of alkyl halides is 3. The smallest absolute Gasteiger partial charge is 0.369 e. The van der Waals surface area contributed by atoms with Crippen LogP contribution in [0.1, 0.15) is 6.42 Å². The molecule has 0 unspecified atom stereocenters. The van der Waals surface area contributed by atoms with Crippen molar-refractivity contribution in [2.75, 3.05) is 5.73 Å². The lowest BCUT2D eigenvalue weighted by atomic mass is 10.2. The van der Waals surface area contributed by atoms with Crippen molar-refractivity contribution in [1.29, 1.82) is 0 Å². The fraction of sp³-hybridized carbons (Fsp3) is 0.231. The Morgan fingerprint density at radius 1 is 1.15 bits per heavy atom. The summed E-state index contributed by atoms with van der Waals surface area (Å²) in [4.78, 5) is 8.29. The molecule has 2 heterocycles. The third-order valence-electron chi connectivity index (χ3n) is 3.13. The predicted octanol–water partition coefficient (Wildman–Crippen LogP) is 3.12. The van der Waals surface area contributed by atoms with Gasteiger partial charge in [-0.2, -0.15) is 13.2 Å². The minimum Gasteiger partial charge on any atom is -0.369 e. The van der Waals surface area contributed by atoms with Gasteiger partial charge in [0, 0.05) is 11.9 Å². The molecular weight excluding hydrogens is 269 g/mol. The van der Waals surface area contributed by atoms with Crippen LogP contribution in [0.25, 0.3) is 21.9 Å². The van der Waals surface area contributed by atoms with E-state index < -0.39 is 12.6 Å². The Kier molecular flexibility index (Phi) is 2.77. The maximum Gasteiger partial charge on any atom is 0.390 e. The van der Waals surface area contributed by atoms with Crippen molar-refractivity contribution in [3.05, 3.63) is 30.5 Å². The molecule has 0 bridgehead atoms. The van der Waals surface area contributed by atoms with Crippen LogP contribution in [0.5, 0.6) is 0 Å². The van der Waals surface area contributed by atoms with E-state index in [2.05, 4.69) is 9.97 Å². The van der Waals surface area contributed by atoms with Crippen molar-refractivity contribution < 1.29 is 13.2 Å². The lowest BCUT2D eigenvalue weighted by Gasteiger charge is -2.10. The van der Waals surface area contributed by atoms with Gasteiger partial charge in [0.2, 0.25) is 5.95 Å². The number of nitrogen functional groups attached to an aromatic ring is 1. The third kappa shape index (κ3) is 2.15. The van der Waals surface area contributed by atoms with Gasteiger partial charge in [-0.15, -0.1) is 0 Å². The van der Waals surface area contributed by atoms with Crippen molar-refractivity contribution in [2.24, 2.45) is 0 Å². The summed E-state index contributed by atoms with van der Waals surface area (Å²) in [5.74, 6) is 0.0717. The molecule has 0 atom stereocenters. The summed E-state index contributed by atoms with van der Waals surface area (Å²) < 4.78 is 38.6. The van der Waals surface area contributed by atoms with Crippen LogP contribution in [0.4, 0.5) is 19.1 Å². The monoisotopic (exact) mass is 280 g/mol. The summed E-state index contributed by atoms with van der Waals surface area (Å²) >= 11 is 0. The molecule has 2 N–H and O–H groups in total. The van der Waals surface area contributed by atoms with E-state index in [-0.39, 0.29) is 12.5 Å². The van der Waals surface area contributed by atoms with Crippen LogP contribution >= 0.6 is 0 Å². The molecule has 0 aliphatic carbocycles. The highest BCUT2D eigenvalue weighted by molar-refractivity contribution is 6.02. The number of hydrogen-bond acceptors (Lipinski definition) is 3. The van der Waals surface area contributed by atoms with Crippen LogP contribution in [0.2, 0.25) is 0 Å². The van der Waals surface area contributed by atoms with Gasteiger partial charge in [0.1, 0.15) is 5.52 Å². The number of nitrogens with zero attached hydrogens (tertiary/aromatic N) is 3. The zero-order valence-electron chi connectivity index (χ0n) is 10.4. The summed E-state index contributed by atoms with van der Waals surface area (Å²) in [7, 11) is 0. The first kappa shape index (κ1) is 12.7. The molecule has 20 heavy (non-hydrogen) atoms. The summed E-state index contributed by atoms with van der Waals surface area (Å²) in [5, 5.41) is 0.747. The van der Waals surface area contributed by atoms with Crippen LogP contribution in [0.3, 0.4) is 0 Å². The Hall–Kier alpha value is -2.31. The van der Waals surface area contributed by atoms with Crippen molar-refractivity contribution in [2.45, 2.75) is 19.1 Å². The standard InChI is InChI=1S/C13H11F3N4/c14-13(15,16)5-6-20-11-8-3-1-2-4-9(8)18-7-10(11)19-12(20)17/h1-4,7H,5-6H2,(H2,17,19). The van der Waals surface area contributed by atoms with Crippen LogP contribution in [0, 0.1) is 0 Å². The number of halogens is 3. The molecule has 7 heteroatoms. The second kappa shape index (κ2) is 4.36. The van der Waals surface area contributed by atoms with Gasteiger partial charge in [0.05, 0.1) is 23.7 Å². The number of anilines is 1. The number of aryl methyl sites for hydroxylation is 1. The van der Waals surface area contributed by atoms with Crippen molar-refractivity contribution in [3.8, 4) is 0 Å². The molecule has 0 aliphatic heterocycles. The van der Waals surface area contributed by atoms with Crippen molar-refractivity contribution >= 4 is 27.9 Å². The van der Waals surface area contributed by atoms with Gasteiger partial charge >= 0.3 is 6.18 Å². The van der Waals surface area contributed by atoms with Gasteiger partial charge < -0.3 is 10.3 Å². The number of pyridine rings is 1. The van der Waals surface area contributed by atoms with Gasteiger partial charge in [0.15, 0.2) is 0 Å². The van der Waals surface area contributed by atoms with Crippen LogP contribution in [0.15, 0.2) is 30.5 Å². The van der Waals surface area contributed by atoms with E-state index in [1.54, 1.807) is 18.2 Å². The summed E-state index contributed by atoms with van der Waals surface area (Å²) in [5.41, 5.74) is 7.53. The zero-order chi connectivity index (χ0) is 14.3. The second-order valence-electron chi connectivity index (χ2n) is 4.50. The number of benzene rings is 1. The maximum absolute atomic E-state index is 12.4. The normalized spacial score (nSPS) is 12.3. The molecule has 104 valence electrons. The summed E-state index contributed by atoms with van der Waals surface area (Å²) in [6.07, 6.45) is -3.65. The number of hydrogen-bond donors (Lipinski definition) is 1. The van der Waals surface area contributed by atoms with Crippen LogP contribution in [-0.4, -0.2) is 20.7 Å². The largest absolute Gasteiger partial charge is 0.390 e. The van der Waals surface area contributed by atoms with Gasteiger partial charge in [-0.05, 0) is 6.07 Å². The van der Waals surface area contributed by atoms with E-state index in [9.17, 15) is 13.2 Å². The fourth-order valence-electron chi connectivity index (χ4n) is 2.25. The molecule has 0 radical (unpaired) electrons. The minimum atomic E-state index is -4.23. The van der Waals surface area contributed by atoms with E-state index in [1.165, 1.54) is 10.8 Å². The quantitative estimate of drug-likeness (QED) is 0.784. The van der Waals surface area contributed by atoms with E-state index in [0.717, 1.165) is 5.39 Å². The van der Waals surface area contributed by atoms with Crippen molar-refractivity contribution in [1.82, 2.24) is 14.5 Å². The Morgan fingerprint density at radius 3 is 2.65 bits per heavy atom. The number of aromatic nitrogens is 3. The number of rotatable bonds is 2. The second-order valence-corrected chi connectivity index (χ2v) is 4.50. The molecule has 0 aliphatic rings. The topological polar surface area (TPSA) is 56.7 Å². The first-order valence-corrected chi connectivity index (χ1v) is 6.02. The lowest BCUT2D eigenvalue weighted by Crippen LogP contribution is -2.13. The van der Waals surface area contributed by atoms with Gasteiger partial charge in [0.25, 0.3) is 0 Å². The first-order chi connectivity index (χ1) is 9.46. The molecule has 0 saturated heterocycles. The molecular formula is C13H11F3N4. The van der Waals surface area contributed by atoms with Gasteiger partial charge in [-0.1, -0.05) is 18.2 Å². The number of nitrogens with two attached hydrogens (primary N) is 1. The summed E-state index contributed by atoms with van der Waals surface area (Å²) in [6.45, 7) is -0.250. The van der Waals surface area contributed by atoms with E-state index in [4.69, 9.17) is 5.73 Å². The van der Waals surface area contributed by atoms with Gasteiger partial charge in [-0.25, -0.2) is 4.98 Å². The van der Waals surface area contributed by atoms with Crippen LogP contribution < -0.4 is 5.73 Å². The highest BCUT2D eigenvalue weighted by atomic mass is 19.4. The summed E-state index contributed by atoms with van der Waals surface area (Å²) in [6, 6.07) is 7.23. The maximum atomic E-state index is 12.4. The molecule has 0 saturated carbocycles. The van der Waals surface area contributed by atoms with E-state index >= 15 is 0 Å². The average molecular weight is 280 g/mol. The predicted molar refractivity (Wildman–Crippen MR) is 70.1 cm³/mol. The molecule has 0 amide bonds. The molecule has 2 aromatic heterocycles. The number of para-hydroxylation sites is 1. The highest BCUT2D eigenvalue weighted by Crippen LogP contribution is 2.28. The highest BCUT2D eigenvalue weighted by Gasteiger charge is 2.27. The SMILES string of the molecule is Nc1nc2cnc3ccccc3c2n1CCC(F)(F)F. The van der Waals surface area contributed by atoms with Crippen LogP contribution in [-0.2, 0) is 6.54 Å².